The normalized spacial score (nSPS) is 11.3. The van der Waals surface area contributed by atoms with E-state index in [0.29, 0.717) is 16.5 Å². The van der Waals surface area contributed by atoms with Crippen molar-refractivity contribution in [2.75, 3.05) is 0 Å². The fraction of sp³-hybridized carbons (Fsp3) is 0.318. The molecule has 32 heavy (non-hydrogen) atoms. The SMILES string of the molecule is CCc1ccc2c(COC(=O)CCn3cnc4c3c(=O)n(C)c(=O)n4C)cc(=O)oc2c1. The van der Waals surface area contributed by atoms with E-state index >= 15 is 0 Å². The minimum absolute atomic E-state index is 0.0171. The Morgan fingerprint density at radius 2 is 1.91 bits per heavy atom. The zero-order valence-electron chi connectivity index (χ0n) is 18.0. The van der Waals surface area contributed by atoms with Crippen LogP contribution in [0.2, 0.25) is 0 Å². The Kier molecular flexibility index (Phi) is 5.52. The smallest absolute Gasteiger partial charge is 0.336 e. The van der Waals surface area contributed by atoms with Crippen molar-refractivity contribution in [3.8, 4) is 0 Å². The van der Waals surface area contributed by atoms with Crippen molar-refractivity contribution in [2.45, 2.75) is 32.9 Å². The number of rotatable bonds is 6. The quantitative estimate of drug-likeness (QED) is 0.328. The summed E-state index contributed by atoms with van der Waals surface area (Å²) in [7, 11) is 2.92. The number of imidazole rings is 1. The lowest BCUT2D eigenvalue weighted by atomic mass is 10.1. The number of carbonyl (C=O) groups is 1. The van der Waals surface area contributed by atoms with Gasteiger partial charge in [-0.15, -0.1) is 0 Å². The van der Waals surface area contributed by atoms with E-state index in [-0.39, 0.29) is 30.7 Å². The van der Waals surface area contributed by atoms with E-state index in [1.165, 1.54) is 35.6 Å². The number of fused-ring (bicyclic) bond motifs is 2. The highest BCUT2D eigenvalue weighted by molar-refractivity contribution is 5.81. The molecule has 3 heterocycles. The third kappa shape index (κ3) is 3.75. The van der Waals surface area contributed by atoms with Gasteiger partial charge in [-0.3, -0.25) is 18.7 Å². The summed E-state index contributed by atoms with van der Waals surface area (Å²) in [6, 6.07) is 6.90. The van der Waals surface area contributed by atoms with E-state index in [1.807, 2.05) is 19.1 Å². The van der Waals surface area contributed by atoms with Gasteiger partial charge >= 0.3 is 17.3 Å². The molecule has 3 aromatic heterocycles. The standard InChI is InChI=1S/C22H22N4O6/c1-4-13-5-6-15-14(10-18(28)32-16(15)9-13)11-31-17(27)7-8-26-12-23-20-19(26)21(29)25(3)22(30)24(20)2/h5-6,9-10,12H,4,7-8,11H2,1-3H3. The van der Waals surface area contributed by atoms with Crippen LogP contribution in [0.15, 0.2) is 49.4 Å². The molecule has 0 amide bonds. The van der Waals surface area contributed by atoms with Crippen molar-refractivity contribution in [1.29, 1.82) is 0 Å². The number of ether oxygens (including phenoxy) is 1. The predicted octanol–water partition coefficient (Wildman–Crippen LogP) is 1.24. The molecule has 0 saturated heterocycles. The van der Waals surface area contributed by atoms with Crippen molar-refractivity contribution in [1.82, 2.24) is 18.7 Å². The molecule has 4 rings (SSSR count). The lowest BCUT2D eigenvalue weighted by molar-refractivity contribution is -0.145. The fourth-order valence-corrected chi connectivity index (χ4v) is 3.62. The maximum atomic E-state index is 12.5. The number of carbonyl (C=O) groups excluding carboxylic acids is 1. The van der Waals surface area contributed by atoms with Gasteiger partial charge in [0.2, 0.25) is 0 Å². The highest BCUT2D eigenvalue weighted by Gasteiger charge is 2.15. The van der Waals surface area contributed by atoms with E-state index in [1.54, 1.807) is 6.07 Å². The molecule has 0 aliphatic rings. The van der Waals surface area contributed by atoms with Crippen LogP contribution in [-0.2, 0) is 43.2 Å². The molecule has 166 valence electrons. The van der Waals surface area contributed by atoms with Gasteiger partial charge in [0, 0.05) is 37.7 Å². The minimum atomic E-state index is -0.511. The van der Waals surface area contributed by atoms with Crippen LogP contribution in [0.5, 0.6) is 0 Å². The van der Waals surface area contributed by atoms with Gasteiger partial charge in [0.15, 0.2) is 11.2 Å². The van der Waals surface area contributed by atoms with Gasteiger partial charge in [-0.2, -0.15) is 0 Å². The number of nitrogens with zero attached hydrogens (tertiary/aromatic N) is 4. The van der Waals surface area contributed by atoms with E-state index in [9.17, 15) is 19.2 Å². The van der Waals surface area contributed by atoms with Gasteiger partial charge < -0.3 is 13.7 Å². The van der Waals surface area contributed by atoms with Crippen LogP contribution >= 0.6 is 0 Å². The second kappa shape index (κ2) is 8.29. The van der Waals surface area contributed by atoms with Crippen molar-refractivity contribution in [2.24, 2.45) is 14.1 Å². The van der Waals surface area contributed by atoms with Crippen molar-refractivity contribution < 1.29 is 13.9 Å². The number of hydrogen-bond donors (Lipinski definition) is 0. The van der Waals surface area contributed by atoms with Crippen molar-refractivity contribution in [3.63, 3.8) is 0 Å². The van der Waals surface area contributed by atoms with Gasteiger partial charge in [-0.1, -0.05) is 19.1 Å². The molecule has 0 bridgehead atoms. The van der Waals surface area contributed by atoms with E-state index in [4.69, 9.17) is 9.15 Å². The highest BCUT2D eigenvalue weighted by atomic mass is 16.5. The van der Waals surface area contributed by atoms with Crippen LogP contribution in [0, 0.1) is 0 Å². The Morgan fingerprint density at radius 1 is 1.12 bits per heavy atom. The summed E-state index contributed by atoms with van der Waals surface area (Å²) < 4.78 is 14.4. The van der Waals surface area contributed by atoms with Gasteiger partial charge in [-0.25, -0.2) is 14.6 Å². The van der Waals surface area contributed by atoms with Crippen molar-refractivity contribution >= 4 is 28.1 Å². The van der Waals surface area contributed by atoms with Gasteiger partial charge in [0.25, 0.3) is 5.56 Å². The number of esters is 1. The molecule has 10 nitrogen and oxygen atoms in total. The molecule has 0 saturated carbocycles. The van der Waals surface area contributed by atoms with Crippen LogP contribution < -0.4 is 16.9 Å². The average Bonchev–Trinajstić information content (AvgIpc) is 3.22. The molecular weight excluding hydrogens is 416 g/mol. The lowest BCUT2D eigenvalue weighted by Crippen LogP contribution is -2.37. The first kappa shape index (κ1) is 21.3. The molecule has 0 atom stereocenters. The van der Waals surface area contributed by atoms with Gasteiger partial charge in [-0.05, 0) is 18.1 Å². The summed E-state index contributed by atoms with van der Waals surface area (Å²) in [4.78, 5) is 52.9. The minimum Gasteiger partial charge on any atom is -0.461 e. The topological polar surface area (TPSA) is 118 Å². The summed E-state index contributed by atoms with van der Waals surface area (Å²) in [5, 5.41) is 0.708. The molecule has 0 fully saturated rings. The maximum Gasteiger partial charge on any atom is 0.336 e. The predicted molar refractivity (Wildman–Crippen MR) is 116 cm³/mol. The molecule has 4 aromatic rings. The number of aromatic nitrogens is 4. The van der Waals surface area contributed by atoms with Crippen LogP contribution in [0.25, 0.3) is 22.1 Å². The largest absolute Gasteiger partial charge is 0.461 e. The molecule has 0 aliphatic carbocycles. The summed E-state index contributed by atoms with van der Waals surface area (Å²) in [6.45, 7) is 2.08. The monoisotopic (exact) mass is 438 g/mol. The molecular formula is C22H22N4O6. The molecule has 10 heteroatoms. The van der Waals surface area contributed by atoms with E-state index < -0.39 is 22.8 Å². The van der Waals surface area contributed by atoms with Crippen LogP contribution in [0.3, 0.4) is 0 Å². The molecule has 0 aliphatic heterocycles. The van der Waals surface area contributed by atoms with Gasteiger partial charge in [0.1, 0.15) is 12.2 Å². The third-order valence-corrected chi connectivity index (χ3v) is 5.47. The van der Waals surface area contributed by atoms with Crippen LogP contribution in [-0.4, -0.2) is 24.7 Å². The second-order valence-electron chi connectivity index (χ2n) is 7.50. The Morgan fingerprint density at radius 3 is 2.66 bits per heavy atom. The molecule has 0 spiro atoms. The van der Waals surface area contributed by atoms with E-state index in [2.05, 4.69) is 4.98 Å². The Balaban J connectivity index is 1.50. The second-order valence-corrected chi connectivity index (χ2v) is 7.50. The number of benzene rings is 1. The molecule has 0 unspecified atom stereocenters. The molecule has 0 N–H and O–H groups in total. The third-order valence-electron chi connectivity index (χ3n) is 5.47. The van der Waals surface area contributed by atoms with E-state index in [0.717, 1.165) is 16.6 Å². The van der Waals surface area contributed by atoms with Crippen LogP contribution in [0.4, 0.5) is 0 Å². The zero-order valence-corrected chi connectivity index (χ0v) is 18.0. The summed E-state index contributed by atoms with van der Waals surface area (Å²) in [6.07, 6.45) is 2.20. The highest BCUT2D eigenvalue weighted by Crippen LogP contribution is 2.20. The Hall–Kier alpha value is -3.95. The lowest BCUT2D eigenvalue weighted by Gasteiger charge is -2.09. The zero-order chi connectivity index (χ0) is 23.0. The number of aryl methyl sites for hydroxylation is 3. The first-order valence-electron chi connectivity index (χ1n) is 10.1. The van der Waals surface area contributed by atoms with Gasteiger partial charge in [0.05, 0.1) is 12.7 Å². The summed E-state index contributed by atoms with van der Waals surface area (Å²) >= 11 is 0. The van der Waals surface area contributed by atoms with Crippen LogP contribution in [0.1, 0.15) is 24.5 Å². The first-order valence-corrected chi connectivity index (χ1v) is 10.1. The number of hydrogen-bond acceptors (Lipinski definition) is 7. The summed E-state index contributed by atoms with van der Waals surface area (Å²) in [5.41, 5.74) is 1.06. The summed E-state index contributed by atoms with van der Waals surface area (Å²) in [5.74, 6) is -0.500. The van der Waals surface area contributed by atoms with Crippen molar-refractivity contribution in [3.05, 3.63) is 73.0 Å². The Labute approximate surface area is 181 Å². The maximum absolute atomic E-state index is 12.5. The average molecular weight is 438 g/mol. The molecule has 0 radical (unpaired) electrons. The fourth-order valence-electron chi connectivity index (χ4n) is 3.62. The Bertz CT molecular complexity index is 1520. The first-order chi connectivity index (χ1) is 15.3. The molecule has 1 aromatic carbocycles.